The van der Waals surface area contributed by atoms with Gasteiger partial charge in [-0.1, -0.05) is 12.8 Å². The van der Waals surface area contributed by atoms with Gasteiger partial charge < -0.3 is 15.2 Å². The zero-order valence-electron chi connectivity index (χ0n) is 11.7. The lowest BCUT2D eigenvalue weighted by atomic mass is 9.77. The highest BCUT2D eigenvalue weighted by molar-refractivity contribution is 5.53. The number of halogens is 1. The number of alkyl halides is 1. The summed E-state index contributed by atoms with van der Waals surface area (Å²) in [6.45, 7) is 0.0518. The maximum absolute atomic E-state index is 13.0. The first-order valence-electron chi connectivity index (χ1n) is 6.72. The summed E-state index contributed by atoms with van der Waals surface area (Å²) in [4.78, 5) is 0. The van der Waals surface area contributed by atoms with Crippen molar-refractivity contribution in [1.82, 2.24) is 0 Å². The molecule has 0 radical (unpaired) electrons. The van der Waals surface area contributed by atoms with Crippen molar-refractivity contribution in [3.8, 4) is 11.5 Å². The topological polar surface area (TPSA) is 44.5 Å². The van der Waals surface area contributed by atoms with Gasteiger partial charge in [0.25, 0.3) is 0 Å². The Kier molecular flexibility index (Phi) is 4.30. The summed E-state index contributed by atoms with van der Waals surface area (Å²) in [5.41, 5.74) is 7.54. The third kappa shape index (κ3) is 2.41. The van der Waals surface area contributed by atoms with Crippen LogP contribution in [0, 0.1) is 0 Å². The molecule has 2 N–H and O–H groups in total. The fourth-order valence-electron chi connectivity index (χ4n) is 3.13. The molecule has 1 aromatic rings. The van der Waals surface area contributed by atoms with Crippen LogP contribution in [0.4, 0.5) is 4.39 Å². The number of benzene rings is 1. The maximum atomic E-state index is 13.0. The number of rotatable bonds is 5. The average molecular weight is 267 g/mol. The first-order chi connectivity index (χ1) is 9.20. The Bertz CT molecular complexity index is 442. The van der Waals surface area contributed by atoms with E-state index in [2.05, 4.69) is 0 Å². The molecular weight excluding hydrogens is 245 g/mol. The maximum Gasteiger partial charge on any atom is 0.164 e. The van der Waals surface area contributed by atoms with Crippen LogP contribution in [0.3, 0.4) is 0 Å². The smallest absolute Gasteiger partial charge is 0.164 e. The van der Waals surface area contributed by atoms with E-state index in [1.54, 1.807) is 20.3 Å². The lowest BCUT2D eigenvalue weighted by Gasteiger charge is -2.30. The molecule has 2 rings (SSSR count). The number of hydrogen-bond acceptors (Lipinski definition) is 3. The SMILES string of the molecule is COc1cc(CF)cc(C2(CN)CCCC2)c1OC. The molecule has 0 spiro atoms. The third-order valence-electron chi connectivity index (χ3n) is 4.22. The number of nitrogens with two attached hydrogens (primary N) is 1. The van der Waals surface area contributed by atoms with Crippen LogP contribution in [0.1, 0.15) is 36.8 Å². The zero-order chi connectivity index (χ0) is 13.9. The standard InChI is InChI=1S/C15H22FNO2/c1-18-13-8-11(9-16)7-12(14(13)19-2)15(10-17)5-3-4-6-15/h7-8H,3-6,9-10,17H2,1-2H3. The molecule has 0 aromatic heterocycles. The van der Waals surface area contributed by atoms with Gasteiger partial charge in [-0.3, -0.25) is 0 Å². The molecule has 0 heterocycles. The van der Waals surface area contributed by atoms with Gasteiger partial charge in [-0.25, -0.2) is 4.39 Å². The molecule has 1 saturated carbocycles. The van der Waals surface area contributed by atoms with Gasteiger partial charge in [-0.2, -0.15) is 0 Å². The molecule has 106 valence electrons. The van der Waals surface area contributed by atoms with Gasteiger partial charge in [0.15, 0.2) is 11.5 Å². The molecular formula is C15H22FNO2. The molecule has 1 fully saturated rings. The molecule has 4 heteroatoms. The fourth-order valence-corrected chi connectivity index (χ4v) is 3.13. The molecule has 1 aliphatic rings. The van der Waals surface area contributed by atoms with Crippen molar-refractivity contribution in [1.29, 1.82) is 0 Å². The lowest BCUT2D eigenvalue weighted by Crippen LogP contribution is -2.32. The molecule has 1 aromatic carbocycles. The Morgan fingerprint density at radius 3 is 2.37 bits per heavy atom. The van der Waals surface area contributed by atoms with E-state index in [0.717, 1.165) is 31.2 Å². The van der Waals surface area contributed by atoms with Gasteiger partial charge >= 0.3 is 0 Å². The van der Waals surface area contributed by atoms with Crippen molar-refractivity contribution in [2.45, 2.75) is 37.8 Å². The molecule has 0 atom stereocenters. The van der Waals surface area contributed by atoms with Crippen molar-refractivity contribution in [2.75, 3.05) is 20.8 Å². The van der Waals surface area contributed by atoms with E-state index in [0.29, 0.717) is 23.6 Å². The van der Waals surface area contributed by atoms with Crippen molar-refractivity contribution in [3.05, 3.63) is 23.3 Å². The molecule has 0 unspecified atom stereocenters. The van der Waals surface area contributed by atoms with Crippen LogP contribution in [0.15, 0.2) is 12.1 Å². The van der Waals surface area contributed by atoms with E-state index in [1.807, 2.05) is 6.07 Å². The van der Waals surface area contributed by atoms with Crippen LogP contribution in [-0.4, -0.2) is 20.8 Å². The summed E-state index contributed by atoms with van der Waals surface area (Å²) in [5, 5.41) is 0. The highest BCUT2D eigenvalue weighted by Crippen LogP contribution is 2.47. The second-order valence-corrected chi connectivity index (χ2v) is 5.20. The molecule has 1 aliphatic carbocycles. The highest BCUT2D eigenvalue weighted by Gasteiger charge is 2.37. The monoisotopic (exact) mass is 267 g/mol. The van der Waals surface area contributed by atoms with Gasteiger partial charge in [0.1, 0.15) is 6.67 Å². The molecule has 3 nitrogen and oxygen atoms in total. The van der Waals surface area contributed by atoms with E-state index >= 15 is 0 Å². The number of hydrogen-bond donors (Lipinski definition) is 1. The quantitative estimate of drug-likeness (QED) is 0.892. The second kappa shape index (κ2) is 5.78. The van der Waals surface area contributed by atoms with Crippen molar-refractivity contribution >= 4 is 0 Å². The summed E-state index contributed by atoms with van der Waals surface area (Å²) in [6, 6.07) is 3.58. The molecule has 0 saturated heterocycles. The highest BCUT2D eigenvalue weighted by atomic mass is 19.1. The molecule has 19 heavy (non-hydrogen) atoms. The minimum Gasteiger partial charge on any atom is -0.493 e. The Labute approximate surface area is 113 Å². The van der Waals surface area contributed by atoms with Crippen molar-refractivity contribution in [3.63, 3.8) is 0 Å². The van der Waals surface area contributed by atoms with Crippen LogP contribution < -0.4 is 15.2 Å². The van der Waals surface area contributed by atoms with E-state index in [-0.39, 0.29) is 5.41 Å². The predicted octanol–water partition coefficient (Wildman–Crippen LogP) is 2.94. The molecule has 0 bridgehead atoms. The zero-order valence-corrected chi connectivity index (χ0v) is 11.7. The third-order valence-corrected chi connectivity index (χ3v) is 4.22. The summed E-state index contributed by atoms with van der Waals surface area (Å²) in [5.74, 6) is 1.29. The van der Waals surface area contributed by atoms with Gasteiger partial charge in [0.05, 0.1) is 14.2 Å². The first-order valence-corrected chi connectivity index (χ1v) is 6.72. The van der Waals surface area contributed by atoms with E-state index in [1.165, 1.54) is 0 Å². The normalized spacial score (nSPS) is 17.5. The molecule has 0 amide bonds. The van der Waals surface area contributed by atoms with Gasteiger partial charge in [0, 0.05) is 17.5 Å². The average Bonchev–Trinajstić information content (AvgIpc) is 2.95. The Morgan fingerprint density at radius 2 is 1.89 bits per heavy atom. The fraction of sp³-hybridized carbons (Fsp3) is 0.600. The largest absolute Gasteiger partial charge is 0.493 e. The van der Waals surface area contributed by atoms with Gasteiger partial charge in [-0.15, -0.1) is 0 Å². The summed E-state index contributed by atoms with van der Waals surface area (Å²) >= 11 is 0. The minimum atomic E-state index is -0.506. The van der Waals surface area contributed by atoms with E-state index in [9.17, 15) is 4.39 Å². The van der Waals surface area contributed by atoms with Crippen molar-refractivity contribution < 1.29 is 13.9 Å². The van der Waals surface area contributed by atoms with Crippen molar-refractivity contribution in [2.24, 2.45) is 5.73 Å². The van der Waals surface area contributed by atoms with Gasteiger partial charge in [-0.05, 0) is 30.5 Å². The minimum absolute atomic E-state index is 0.0934. The number of methoxy groups -OCH3 is 2. The van der Waals surface area contributed by atoms with Crippen LogP contribution in [-0.2, 0) is 12.1 Å². The predicted molar refractivity (Wildman–Crippen MR) is 73.6 cm³/mol. The summed E-state index contributed by atoms with van der Waals surface area (Å²) in [7, 11) is 3.20. The molecule has 0 aliphatic heterocycles. The van der Waals surface area contributed by atoms with Crippen LogP contribution >= 0.6 is 0 Å². The Balaban J connectivity index is 2.59. The first kappa shape index (κ1) is 14.1. The van der Waals surface area contributed by atoms with E-state index < -0.39 is 6.67 Å². The summed E-state index contributed by atoms with van der Waals surface area (Å²) < 4.78 is 23.9. The Morgan fingerprint density at radius 1 is 1.21 bits per heavy atom. The lowest BCUT2D eigenvalue weighted by molar-refractivity contribution is 0.335. The van der Waals surface area contributed by atoms with Gasteiger partial charge in [0.2, 0.25) is 0 Å². The van der Waals surface area contributed by atoms with E-state index in [4.69, 9.17) is 15.2 Å². The Hall–Kier alpha value is -1.29. The van der Waals surface area contributed by atoms with Crippen LogP contribution in [0.2, 0.25) is 0 Å². The van der Waals surface area contributed by atoms with Crippen LogP contribution in [0.5, 0.6) is 11.5 Å². The second-order valence-electron chi connectivity index (χ2n) is 5.20. The van der Waals surface area contributed by atoms with Crippen LogP contribution in [0.25, 0.3) is 0 Å². The number of ether oxygens (including phenoxy) is 2. The summed E-state index contributed by atoms with van der Waals surface area (Å²) in [6.07, 6.45) is 4.36.